The SMILES string of the molecule is C[C@@H](OC(=O)CC12CC3CC(CC(C3)C1)C2)C(=O)Nc1cc(Cl)cc(Cl)c1. The van der Waals surface area contributed by atoms with Crippen molar-refractivity contribution in [1.29, 1.82) is 0 Å². The Balaban J connectivity index is 1.33. The Labute approximate surface area is 169 Å². The van der Waals surface area contributed by atoms with Gasteiger partial charge in [-0.1, -0.05) is 23.2 Å². The molecule has 1 aromatic carbocycles. The normalized spacial score (nSPS) is 32.2. The molecule has 0 radical (unpaired) electrons. The first-order valence-corrected chi connectivity index (χ1v) is 10.5. The van der Waals surface area contributed by atoms with Crippen molar-refractivity contribution in [2.75, 3.05) is 5.32 Å². The largest absolute Gasteiger partial charge is 0.453 e. The van der Waals surface area contributed by atoms with Crippen LogP contribution in [0.4, 0.5) is 5.69 Å². The summed E-state index contributed by atoms with van der Waals surface area (Å²) in [5.41, 5.74) is 0.601. The van der Waals surface area contributed by atoms with Gasteiger partial charge in [0.1, 0.15) is 0 Å². The fourth-order valence-electron chi connectivity index (χ4n) is 5.97. The highest BCUT2D eigenvalue weighted by Crippen LogP contribution is 2.61. The lowest BCUT2D eigenvalue weighted by molar-refractivity contribution is -0.160. The first kappa shape index (κ1) is 19.1. The average molecular weight is 410 g/mol. The molecule has 0 saturated heterocycles. The monoisotopic (exact) mass is 409 g/mol. The van der Waals surface area contributed by atoms with Crippen molar-refractivity contribution in [2.24, 2.45) is 23.2 Å². The molecule has 4 aliphatic rings. The van der Waals surface area contributed by atoms with Crippen molar-refractivity contribution >= 4 is 40.8 Å². The smallest absolute Gasteiger partial charge is 0.307 e. The zero-order valence-corrected chi connectivity index (χ0v) is 17.0. The Hall–Kier alpha value is -1.26. The molecular formula is C21H25Cl2NO3. The Morgan fingerprint density at radius 1 is 1.07 bits per heavy atom. The van der Waals surface area contributed by atoms with Crippen molar-refractivity contribution in [3.63, 3.8) is 0 Å². The minimum atomic E-state index is -0.857. The second-order valence-corrected chi connectivity index (χ2v) is 9.75. The van der Waals surface area contributed by atoms with E-state index < -0.39 is 6.10 Å². The molecule has 4 bridgehead atoms. The Bertz CT molecular complexity index is 708. The highest BCUT2D eigenvalue weighted by Gasteiger charge is 2.51. The summed E-state index contributed by atoms with van der Waals surface area (Å²) in [4.78, 5) is 24.9. The number of hydrogen-bond acceptors (Lipinski definition) is 3. The minimum Gasteiger partial charge on any atom is -0.453 e. The molecule has 5 rings (SSSR count). The van der Waals surface area contributed by atoms with Gasteiger partial charge < -0.3 is 10.1 Å². The zero-order chi connectivity index (χ0) is 19.2. The molecule has 0 spiro atoms. The predicted octanol–water partition coefficient (Wildman–Crippen LogP) is 5.47. The fourth-order valence-corrected chi connectivity index (χ4v) is 6.50. The molecule has 1 atom stereocenters. The van der Waals surface area contributed by atoms with E-state index in [1.165, 1.54) is 19.3 Å². The van der Waals surface area contributed by atoms with Gasteiger partial charge in [0.2, 0.25) is 0 Å². The van der Waals surface area contributed by atoms with Crippen LogP contribution in [-0.2, 0) is 14.3 Å². The van der Waals surface area contributed by atoms with E-state index in [0.29, 0.717) is 22.2 Å². The molecule has 0 heterocycles. The van der Waals surface area contributed by atoms with Crippen LogP contribution in [0, 0.1) is 23.2 Å². The van der Waals surface area contributed by atoms with E-state index in [0.717, 1.165) is 37.0 Å². The number of nitrogens with one attached hydrogen (secondary N) is 1. The van der Waals surface area contributed by atoms with Crippen LogP contribution < -0.4 is 5.32 Å². The average Bonchev–Trinajstić information content (AvgIpc) is 2.51. The summed E-state index contributed by atoms with van der Waals surface area (Å²) in [6, 6.07) is 4.80. The third-order valence-electron chi connectivity index (χ3n) is 6.49. The second kappa shape index (κ2) is 7.29. The number of amides is 1. The van der Waals surface area contributed by atoms with Crippen molar-refractivity contribution in [3.05, 3.63) is 28.2 Å². The molecule has 6 heteroatoms. The standard InChI is InChI=1S/C21H25Cl2NO3/c1-12(20(26)24-18-6-16(22)5-17(23)7-18)27-19(25)11-21-8-13-2-14(9-21)4-15(3-13)10-21/h5-7,12-15H,2-4,8-11H2,1H3,(H,24,26)/t12-,13?,14?,15?,21?/m1/s1. The molecule has 4 saturated carbocycles. The van der Waals surface area contributed by atoms with Gasteiger partial charge in [0.05, 0.1) is 6.42 Å². The van der Waals surface area contributed by atoms with Crippen LogP contribution in [-0.4, -0.2) is 18.0 Å². The van der Waals surface area contributed by atoms with Gasteiger partial charge in [-0.25, -0.2) is 0 Å². The summed E-state index contributed by atoms with van der Waals surface area (Å²) >= 11 is 11.9. The van der Waals surface area contributed by atoms with Gasteiger partial charge in [-0.15, -0.1) is 0 Å². The highest BCUT2D eigenvalue weighted by molar-refractivity contribution is 6.35. The molecule has 1 amide bonds. The van der Waals surface area contributed by atoms with Crippen LogP contribution in [0.1, 0.15) is 51.9 Å². The lowest BCUT2D eigenvalue weighted by atomic mass is 9.49. The number of esters is 1. The molecule has 4 nitrogen and oxygen atoms in total. The second-order valence-electron chi connectivity index (χ2n) is 8.87. The third kappa shape index (κ3) is 4.27. The van der Waals surface area contributed by atoms with Crippen LogP contribution >= 0.6 is 23.2 Å². The lowest BCUT2D eigenvalue weighted by Crippen LogP contribution is -2.47. The van der Waals surface area contributed by atoms with Crippen LogP contribution in [0.5, 0.6) is 0 Å². The van der Waals surface area contributed by atoms with Gasteiger partial charge in [-0.05, 0) is 86.8 Å². The maximum absolute atomic E-state index is 12.6. The third-order valence-corrected chi connectivity index (χ3v) is 6.93. The summed E-state index contributed by atoms with van der Waals surface area (Å²) < 4.78 is 5.47. The summed E-state index contributed by atoms with van der Waals surface area (Å²) in [5, 5.41) is 3.57. The maximum Gasteiger partial charge on any atom is 0.307 e. The van der Waals surface area contributed by atoms with Gasteiger partial charge in [-0.3, -0.25) is 9.59 Å². The fraction of sp³-hybridized carbons (Fsp3) is 0.619. The van der Waals surface area contributed by atoms with Crippen molar-refractivity contribution in [2.45, 2.75) is 58.0 Å². The van der Waals surface area contributed by atoms with Crippen LogP contribution in [0.25, 0.3) is 0 Å². The quantitative estimate of drug-likeness (QED) is 0.655. The van der Waals surface area contributed by atoms with Crippen molar-refractivity contribution in [1.82, 2.24) is 0 Å². The Morgan fingerprint density at radius 2 is 1.59 bits per heavy atom. The van der Waals surface area contributed by atoms with Gasteiger partial charge in [0, 0.05) is 15.7 Å². The van der Waals surface area contributed by atoms with Gasteiger partial charge in [-0.2, -0.15) is 0 Å². The van der Waals surface area contributed by atoms with Gasteiger partial charge >= 0.3 is 5.97 Å². The molecule has 0 aliphatic heterocycles. The van der Waals surface area contributed by atoms with E-state index in [1.54, 1.807) is 25.1 Å². The molecular weight excluding hydrogens is 385 g/mol. The van der Waals surface area contributed by atoms with E-state index in [9.17, 15) is 9.59 Å². The molecule has 0 unspecified atom stereocenters. The molecule has 27 heavy (non-hydrogen) atoms. The van der Waals surface area contributed by atoms with Gasteiger partial charge in [0.25, 0.3) is 5.91 Å². The lowest BCUT2D eigenvalue weighted by Gasteiger charge is -2.56. The summed E-state index contributed by atoms with van der Waals surface area (Å²) in [6.45, 7) is 1.60. The number of halogens is 2. The molecule has 146 valence electrons. The van der Waals surface area contributed by atoms with Crippen LogP contribution in [0.3, 0.4) is 0 Å². The van der Waals surface area contributed by atoms with E-state index in [1.807, 2.05) is 0 Å². The highest BCUT2D eigenvalue weighted by atomic mass is 35.5. The summed E-state index contributed by atoms with van der Waals surface area (Å²) in [6.07, 6.45) is 7.06. The minimum absolute atomic E-state index is 0.114. The van der Waals surface area contributed by atoms with Crippen LogP contribution in [0.15, 0.2) is 18.2 Å². The number of carbonyl (C=O) groups is 2. The number of benzene rings is 1. The van der Waals surface area contributed by atoms with E-state index in [-0.39, 0.29) is 17.3 Å². The summed E-state index contributed by atoms with van der Waals surface area (Å²) in [7, 11) is 0. The molecule has 4 fully saturated rings. The van der Waals surface area contributed by atoms with Gasteiger partial charge in [0.15, 0.2) is 6.10 Å². The Morgan fingerprint density at radius 3 is 2.11 bits per heavy atom. The predicted molar refractivity (Wildman–Crippen MR) is 106 cm³/mol. The van der Waals surface area contributed by atoms with Crippen molar-refractivity contribution < 1.29 is 14.3 Å². The maximum atomic E-state index is 12.6. The number of anilines is 1. The number of rotatable bonds is 5. The number of hydrogen-bond donors (Lipinski definition) is 1. The molecule has 4 aliphatic carbocycles. The molecule has 1 N–H and O–H groups in total. The van der Waals surface area contributed by atoms with E-state index >= 15 is 0 Å². The van der Waals surface area contributed by atoms with Crippen molar-refractivity contribution in [3.8, 4) is 0 Å². The topological polar surface area (TPSA) is 55.4 Å². The van der Waals surface area contributed by atoms with Crippen LogP contribution in [0.2, 0.25) is 10.0 Å². The summed E-state index contributed by atoms with van der Waals surface area (Å²) in [5.74, 6) is 1.72. The first-order chi connectivity index (χ1) is 12.8. The van der Waals surface area contributed by atoms with E-state index in [4.69, 9.17) is 27.9 Å². The molecule has 1 aromatic rings. The first-order valence-electron chi connectivity index (χ1n) is 9.77. The molecule has 0 aromatic heterocycles. The van der Waals surface area contributed by atoms with E-state index in [2.05, 4.69) is 5.32 Å². The number of ether oxygens (including phenoxy) is 1. The zero-order valence-electron chi connectivity index (χ0n) is 15.5. The number of carbonyl (C=O) groups excluding carboxylic acids is 2. The Kier molecular flexibility index (Phi) is 5.15.